The Bertz CT molecular complexity index is 454. The molecule has 0 aliphatic heterocycles. The SMILES string of the molecule is CCOc1cc(C(NC)C(=O)OC)ccc1OC(F)F. The highest BCUT2D eigenvalue weighted by atomic mass is 19.3. The summed E-state index contributed by atoms with van der Waals surface area (Å²) in [5.74, 6) is -0.419. The van der Waals surface area contributed by atoms with Crippen LogP contribution in [0.15, 0.2) is 18.2 Å². The molecule has 1 unspecified atom stereocenters. The van der Waals surface area contributed by atoms with Gasteiger partial charge in [-0.15, -0.1) is 0 Å². The Morgan fingerprint density at radius 3 is 2.55 bits per heavy atom. The smallest absolute Gasteiger partial charge is 0.387 e. The van der Waals surface area contributed by atoms with Crippen LogP contribution in [0, 0.1) is 0 Å². The third-order valence-corrected chi connectivity index (χ3v) is 2.54. The average molecular weight is 289 g/mol. The lowest BCUT2D eigenvalue weighted by Gasteiger charge is -2.17. The molecule has 0 aliphatic carbocycles. The number of ether oxygens (including phenoxy) is 3. The number of benzene rings is 1. The number of alkyl halides is 2. The van der Waals surface area contributed by atoms with Crippen molar-refractivity contribution < 1.29 is 27.8 Å². The zero-order valence-corrected chi connectivity index (χ0v) is 11.5. The number of rotatable bonds is 7. The van der Waals surface area contributed by atoms with E-state index in [0.29, 0.717) is 5.56 Å². The zero-order chi connectivity index (χ0) is 15.1. The fourth-order valence-corrected chi connectivity index (χ4v) is 1.70. The first-order valence-corrected chi connectivity index (χ1v) is 6.00. The van der Waals surface area contributed by atoms with Crippen LogP contribution in [0.3, 0.4) is 0 Å². The Balaban J connectivity index is 3.10. The van der Waals surface area contributed by atoms with Gasteiger partial charge in [0, 0.05) is 0 Å². The van der Waals surface area contributed by atoms with E-state index >= 15 is 0 Å². The molecule has 0 radical (unpaired) electrons. The monoisotopic (exact) mass is 289 g/mol. The van der Waals surface area contributed by atoms with Crippen LogP contribution in [-0.2, 0) is 9.53 Å². The van der Waals surface area contributed by atoms with Crippen molar-refractivity contribution in [1.82, 2.24) is 5.32 Å². The Labute approximate surface area is 115 Å². The first-order chi connectivity index (χ1) is 9.53. The van der Waals surface area contributed by atoms with Gasteiger partial charge in [0.15, 0.2) is 11.5 Å². The molecule has 0 saturated heterocycles. The van der Waals surface area contributed by atoms with E-state index in [1.54, 1.807) is 14.0 Å². The summed E-state index contributed by atoms with van der Waals surface area (Å²) in [5.41, 5.74) is 0.532. The second kappa shape index (κ2) is 7.64. The van der Waals surface area contributed by atoms with E-state index in [9.17, 15) is 13.6 Å². The molecule has 0 spiro atoms. The Morgan fingerprint density at radius 1 is 1.35 bits per heavy atom. The van der Waals surface area contributed by atoms with E-state index in [1.807, 2.05) is 0 Å². The highest BCUT2D eigenvalue weighted by Gasteiger charge is 2.21. The topological polar surface area (TPSA) is 56.8 Å². The van der Waals surface area contributed by atoms with Gasteiger partial charge in [0.2, 0.25) is 0 Å². The van der Waals surface area contributed by atoms with Crippen molar-refractivity contribution in [2.24, 2.45) is 0 Å². The van der Waals surface area contributed by atoms with E-state index in [1.165, 1.54) is 25.3 Å². The quantitative estimate of drug-likeness (QED) is 0.779. The van der Waals surface area contributed by atoms with Crippen molar-refractivity contribution in [3.63, 3.8) is 0 Å². The summed E-state index contributed by atoms with van der Waals surface area (Å²) in [4.78, 5) is 11.6. The lowest BCUT2D eigenvalue weighted by molar-refractivity contribution is -0.143. The van der Waals surface area contributed by atoms with Gasteiger partial charge in [0.1, 0.15) is 6.04 Å². The molecule has 0 aliphatic rings. The molecular weight excluding hydrogens is 272 g/mol. The molecule has 7 heteroatoms. The number of carbonyl (C=O) groups excluding carboxylic acids is 1. The molecule has 1 rings (SSSR count). The Morgan fingerprint density at radius 2 is 2.05 bits per heavy atom. The second-order valence-corrected chi connectivity index (χ2v) is 3.76. The first-order valence-electron chi connectivity index (χ1n) is 6.00. The van der Waals surface area contributed by atoms with E-state index < -0.39 is 18.6 Å². The largest absolute Gasteiger partial charge is 0.490 e. The maximum absolute atomic E-state index is 12.3. The summed E-state index contributed by atoms with van der Waals surface area (Å²) in [6, 6.07) is 3.59. The molecule has 0 aromatic heterocycles. The van der Waals surface area contributed by atoms with E-state index in [2.05, 4.69) is 14.8 Å². The van der Waals surface area contributed by atoms with Gasteiger partial charge in [-0.3, -0.25) is 0 Å². The molecule has 0 heterocycles. The summed E-state index contributed by atoms with van der Waals surface area (Å²) in [6.07, 6.45) is 0. The van der Waals surface area contributed by atoms with Crippen LogP contribution >= 0.6 is 0 Å². The number of nitrogens with one attached hydrogen (secondary N) is 1. The van der Waals surface area contributed by atoms with Gasteiger partial charge in [-0.25, -0.2) is 4.79 Å². The summed E-state index contributed by atoms with van der Waals surface area (Å²) in [5, 5.41) is 2.78. The van der Waals surface area contributed by atoms with Crippen molar-refractivity contribution >= 4 is 5.97 Å². The van der Waals surface area contributed by atoms with Crippen molar-refractivity contribution in [1.29, 1.82) is 0 Å². The van der Waals surface area contributed by atoms with Gasteiger partial charge in [-0.1, -0.05) is 6.07 Å². The minimum atomic E-state index is -2.94. The molecule has 1 aromatic rings. The van der Waals surface area contributed by atoms with Crippen LogP contribution in [-0.4, -0.2) is 33.3 Å². The number of hydrogen-bond acceptors (Lipinski definition) is 5. The standard InChI is InChI=1S/C13H17F2NO4/c1-4-19-10-7-8(11(16-2)12(17)18-3)5-6-9(10)20-13(14)15/h5-7,11,13,16H,4H2,1-3H3. The second-order valence-electron chi connectivity index (χ2n) is 3.76. The lowest BCUT2D eigenvalue weighted by Crippen LogP contribution is -2.26. The molecule has 1 aromatic carbocycles. The maximum atomic E-state index is 12.3. The molecule has 1 N–H and O–H groups in total. The van der Waals surface area contributed by atoms with Gasteiger partial charge in [-0.05, 0) is 31.7 Å². The average Bonchev–Trinajstić information content (AvgIpc) is 2.41. The van der Waals surface area contributed by atoms with Crippen LogP contribution in [0.4, 0.5) is 8.78 Å². The van der Waals surface area contributed by atoms with Crippen LogP contribution in [0.2, 0.25) is 0 Å². The minimum Gasteiger partial charge on any atom is -0.490 e. The lowest BCUT2D eigenvalue weighted by atomic mass is 10.1. The van der Waals surface area contributed by atoms with Gasteiger partial charge in [0.05, 0.1) is 13.7 Å². The van der Waals surface area contributed by atoms with Crippen molar-refractivity contribution in [2.75, 3.05) is 20.8 Å². The fraction of sp³-hybridized carbons (Fsp3) is 0.462. The van der Waals surface area contributed by atoms with Crippen molar-refractivity contribution in [3.8, 4) is 11.5 Å². The summed E-state index contributed by atoms with van der Waals surface area (Å²) >= 11 is 0. The number of esters is 1. The van der Waals surface area contributed by atoms with Gasteiger partial charge >= 0.3 is 12.6 Å². The third kappa shape index (κ3) is 4.06. The predicted octanol–water partition coefficient (Wildman–Crippen LogP) is 2.12. The number of methoxy groups -OCH3 is 1. The molecule has 0 amide bonds. The highest BCUT2D eigenvalue weighted by Crippen LogP contribution is 2.32. The fourth-order valence-electron chi connectivity index (χ4n) is 1.70. The van der Waals surface area contributed by atoms with Crippen LogP contribution < -0.4 is 14.8 Å². The molecule has 0 bridgehead atoms. The van der Waals surface area contributed by atoms with Gasteiger partial charge < -0.3 is 19.5 Å². The number of likely N-dealkylation sites (N-methyl/N-ethyl adjacent to an activating group) is 1. The Kier molecular flexibility index (Phi) is 6.17. The summed E-state index contributed by atoms with van der Waals surface area (Å²) in [6.45, 7) is -0.944. The zero-order valence-electron chi connectivity index (χ0n) is 11.5. The summed E-state index contributed by atoms with van der Waals surface area (Å²) in [7, 11) is 2.86. The number of halogens is 2. The van der Waals surface area contributed by atoms with Crippen LogP contribution in [0.25, 0.3) is 0 Å². The van der Waals surface area contributed by atoms with E-state index in [4.69, 9.17) is 4.74 Å². The van der Waals surface area contributed by atoms with Crippen LogP contribution in [0.5, 0.6) is 11.5 Å². The third-order valence-electron chi connectivity index (χ3n) is 2.54. The number of hydrogen-bond donors (Lipinski definition) is 1. The molecule has 5 nitrogen and oxygen atoms in total. The molecule has 0 fully saturated rings. The summed E-state index contributed by atoms with van der Waals surface area (Å²) < 4.78 is 38.8. The predicted molar refractivity (Wildman–Crippen MR) is 68.1 cm³/mol. The van der Waals surface area contributed by atoms with Crippen molar-refractivity contribution in [3.05, 3.63) is 23.8 Å². The van der Waals surface area contributed by atoms with E-state index in [-0.39, 0.29) is 18.1 Å². The highest BCUT2D eigenvalue weighted by molar-refractivity contribution is 5.77. The van der Waals surface area contributed by atoms with Crippen LogP contribution in [0.1, 0.15) is 18.5 Å². The van der Waals surface area contributed by atoms with Crippen molar-refractivity contribution in [2.45, 2.75) is 19.6 Å². The van der Waals surface area contributed by atoms with Gasteiger partial charge in [-0.2, -0.15) is 8.78 Å². The molecule has 0 saturated carbocycles. The Hall–Kier alpha value is -1.89. The molecular formula is C13H17F2NO4. The molecule has 1 atom stereocenters. The minimum absolute atomic E-state index is 0.0784. The number of carbonyl (C=O) groups is 1. The molecule has 20 heavy (non-hydrogen) atoms. The van der Waals surface area contributed by atoms with E-state index in [0.717, 1.165) is 0 Å². The maximum Gasteiger partial charge on any atom is 0.387 e. The normalized spacial score (nSPS) is 12.1. The first kappa shape index (κ1) is 16.2. The van der Waals surface area contributed by atoms with Gasteiger partial charge in [0.25, 0.3) is 0 Å². The molecule has 112 valence electrons.